The summed E-state index contributed by atoms with van der Waals surface area (Å²) < 4.78 is 14.8. The van der Waals surface area contributed by atoms with Crippen LogP contribution in [-0.2, 0) is 6.42 Å². The van der Waals surface area contributed by atoms with Crippen LogP contribution < -0.4 is 10.6 Å². The SMILES string of the molecule is CCc1c(C(=O)NCC2CCCN2)cnn1-c1ccc(F)cc1.Cl. The molecule has 130 valence electrons. The maximum Gasteiger partial charge on any atom is 0.254 e. The van der Waals surface area contributed by atoms with Gasteiger partial charge in [-0.15, -0.1) is 12.4 Å². The molecule has 2 heterocycles. The van der Waals surface area contributed by atoms with E-state index in [4.69, 9.17) is 0 Å². The number of nitrogens with zero attached hydrogens (tertiary/aromatic N) is 2. The fraction of sp³-hybridized carbons (Fsp3) is 0.412. The van der Waals surface area contributed by atoms with Gasteiger partial charge >= 0.3 is 0 Å². The first kappa shape index (κ1) is 18.4. The number of carbonyl (C=O) groups is 1. The van der Waals surface area contributed by atoms with E-state index < -0.39 is 0 Å². The van der Waals surface area contributed by atoms with E-state index in [0.29, 0.717) is 24.6 Å². The van der Waals surface area contributed by atoms with E-state index in [0.717, 1.165) is 30.8 Å². The van der Waals surface area contributed by atoms with Crippen molar-refractivity contribution in [3.63, 3.8) is 0 Å². The Morgan fingerprint density at radius 1 is 1.42 bits per heavy atom. The van der Waals surface area contributed by atoms with E-state index in [1.807, 2.05) is 6.92 Å². The maximum atomic E-state index is 13.1. The largest absolute Gasteiger partial charge is 0.350 e. The van der Waals surface area contributed by atoms with E-state index in [1.165, 1.54) is 12.1 Å². The van der Waals surface area contributed by atoms with Gasteiger partial charge in [-0.3, -0.25) is 4.79 Å². The first-order valence-corrected chi connectivity index (χ1v) is 8.03. The molecule has 1 aliphatic heterocycles. The Labute approximate surface area is 147 Å². The normalized spacial score (nSPS) is 16.7. The standard InChI is InChI=1S/C17H21FN4O.ClH/c1-2-16-15(17(23)20-10-13-4-3-9-19-13)11-21-22(16)14-7-5-12(18)6-8-14;/h5-8,11,13,19H,2-4,9-10H2,1H3,(H,20,23);1H. The van der Waals surface area contributed by atoms with Crippen molar-refractivity contribution in [2.45, 2.75) is 32.2 Å². The van der Waals surface area contributed by atoms with Gasteiger partial charge in [-0.05, 0) is 50.1 Å². The summed E-state index contributed by atoms with van der Waals surface area (Å²) in [5.74, 6) is -0.398. The average Bonchev–Trinajstić information content (AvgIpc) is 3.22. The van der Waals surface area contributed by atoms with Gasteiger partial charge in [0.25, 0.3) is 5.91 Å². The van der Waals surface area contributed by atoms with E-state index in [2.05, 4.69) is 15.7 Å². The highest BCUT2D eigenvalue weighted by Gasteiger charge is 2.19. The first-order valence-electron chi connectivity index (χ1n) is 8.03. The summed E-state index contributed by atoms with van der Waals surface area (Å²) in [5.41, 5.74) is 2.16. The van der Waals surface area contributed by atoms with Gasteiger partial charge in [0.05, 0.1) is 23.1 Å². The van der Waals surface area contributed by atoms with Gasteiger partial charge in [-0.25, -0.2) is 9.07 Å². The molecule has 0 bridgehead atoms. The summed E-state index contributed by atoms with van der Waals surface area (Å²) >= 11 is 0. The molecular formula is C17H22ClFN4O. The highest BCUT2D eigenvalue weighted by molar-refractivity contribution is 5.95. The van der Waals surface area contributed by atoms with Crippen LogP contribution in [0.25, 0.3) is 5.69 Å². The fourth-order valence-electron chi connectivity index (χ4n) is 2.95. The number of halogens is 2. The molecule has 1 aromatic carbocycles. The average molecular weight is 353 g/mol. The summed E-state index contributed by atoms with van der Waals surface area (Å²) in [5, 5.41) is 10.6. The predicted octanol–water partition coefficient (Wildman–Crippen LogP) is 2.48. The third-order valence-electron chi connectivity index (χ3n) is 4.19. The summed E-state index contributed by atoms with van der Waals surface area (Å²) in [6, 6.07) is 6.46. The van der Waals surface area contributed by atoms with Crippen LogP contribution in [0.3, 0.4) is 0 Å². The lowest BCUT2D eigenvalue weighted by molar-refractivity contribution is 0.0949. The quantitative estimate of drug-likeness (QED) is 0.869. The zero-order valence-corrected chi connectivity index (χ0v) is 14.4. The second-order valence-electron chi connectivity index (χ2n) is 5.75. The number of amides is 1. The van der Waals surface area contributed by atoms with Crippen molar-refractivity contribution in [1.82, 2.24) is 20.4 Å². The highest BCUT2D eigenvalue weighted by Crippen LogP contribution is 2.16. The van der Waals surface area contributed by atoms with Gasteiger partial charge < -0.3 is 10.6 Å². The van der Waals surface area contributed by atoms with E-state index in [9.17, 15) is 9.18 Å². The van der Waals surface area contributed by atoms with Crippen molar-refractivity contribution in [3.05, 3.63) is 47.5 Å². The summed E-state index contributed by atoms with van der Waals surface area (Å²) in [7, 11) is 0. The van der Waals surface area contributed by atoms with Gasteiger partial charge in [0, 0.05) is 12.6 Å². The smallest absolute Gasteiger partial charge is 0.254 e. The lowest BCUT2D eigenvalue weighted by Gasteiger charge is -2.12. The van der Waals surface area contributed by atoms with Crippen molar-refractivity contribution in [3.8, 4) is 5.69 Å². The molecule has 0 aliphatic carbocycles. The molecule has 0 spiro atoms. The monoisotopic (exact) mass is 352 g/mol. The zero-order chi connectivity index (χ0) is 16.2. The number of hydrogen-bond acceptors (Lipinski definition) is 3. The fourth-order valence-corrected chi connectivity index (χ4v) is 2.95. The van der Waals surface area contributed by atoms with Crippen LogP contribution in [0.1, 0.15) is 35.8 Å². The van der Waals surface area contributed by atoms with Crippen LogP contribution in [0, 0.1) is 5.82 Å². The molecular weight excluding hydrogens is 331 g/mol. The van der Waals surface area contributed by atoms with Crippen LogP contribution in [0.5, 0.6) is 0 Å². The van der Waals surface area contributed by atoms with Crippen molar-refractivity contribution in [2.75, 3.05) is 13.1 Å². The Balaban J connectivity index is 0.00000208. The third-order valence-corrected chi connectivity index (χ3v) is 4.19. The number of hydrogen-bond donors (Lipinski definition) is 2. The van der Waals surface area contributed by atoms with Crippen LogP contribution in [-0.4, -0.2) is 34.8 Å². The van der Waals surface area contributed by atoms with Crippen molar-refractivity contribution < 1.29 is 9.18 Å². The van der Waals surface area contributed by atoms with Gasteiger partial charge in [-0.1, -0.05) is 6.92 Å². The third kappa shape index (κ3) is 3.94. The molecule has 2 aromatic rings. The molecule has 1 amide bonds. The molecule has 24 heavy (non-hydrogen) atoms. The number of benzene rings is 1. The molecule has 0 saturated carbocycles. The Morgan fingerprint density at radius 2 is 2.17 bits per heavy atom. The highest BCUT2D eigenvalue weighted by atomic mass is 35.5. The molecule has 0 radical (unpaired) electrons. The van der Waals surface area contributed by atoms with Gasteiger partial charge in [0.15, 0.2) is 0 Å². The van der Waals surface area contributed by atoms with E-state index in [-0.39, 0.29) is 24.1 Å². The number of rotatable bonds is 5. The minimum atomic E-state index is -0.291. The van der Waals surface area contributed by atoms with Crippen molar-refractivity contribution in [1.29, 1.82) is 0 Å². The molecule has 1 saturated heterocycles. The summed E-state index contributed by atoms with van der Waals surface area (Å²) in [4.78, 5) is 12.4. The van der Waals surface area contributed by atoms with Crippen LogP contribution in [0.15, 0.2) is 30.5 Å². The topological polar surface area (TPSA) is 59.0 Å². The molecule has 1 aliphatic rings. The summed E-state index contributed by atoms with van der Waals surface area (Å²) in [6.45, 7) is 3.62. The molecule has 1 fully saturated rings. The lowest BCUT2D eigenvalue weighted by Crippen LogP contribution is -2.37. The second-order valence-corrected chi connectivity index (χ2v) is 5.75. The van der Waals surface area contributed by atoms with Gasteiger partial charge in [0.2, 0.25) is 0 Å². The molecule has 3 rings (SSSR count). The number of nitrogens with one attached hydrogen (secondary N) is 2. The Kier molecular flexibility index (Phi) is 6.34. The molecule has 5 nitrogen and oxygen atoms in total. The Bertz CT molecular complexity index is 680. The second kappa shape index (κ2) is 8.26. The minimum absolute atomic E-state index is 0. The maximum absolute atomic E-state index is 13.1. The van der Waals surface area contributed by atoms with E-state index >= 15 is 0 Å². The molecule has 1 unspecified atom stereocenters. The lowest BCUT2D eigenvalue weighted by atomic mass is 10.1. The molecule has 7 heteroatoms. The molecule has 1 aromatic heterocycles. The first-order chi connectivity index (χ1) is 11.2. The number of carbonyl (C=O) groups excluding carboxylic acids is 1. The molecule has 2 N–H and O–H groups in total. The predicted molar refractivity (Wildman–Crippen MR) is 93.5 cm³/mol. The van der Waals surface area contributed by atoms with Crippen LogP contribution in [0.2, 0.25) is 0 Å². The van der Waals surface area contributed by atoms with Crippen molar-refractivity contribution in [2.24, 2.45) is 0 Å². The van der Waals surface area contributed by atoms with Gasteiger partial charge in [0.1, 0.15) is 5.82 Å². The molecule has 1 atom stereocenters. The van der Waals surface area contributed by atoms with E-state index in [1.54, 1.807) is 23.0 Å². The van der Waals surface area contributed by atoms with Crippen LogP contribution >= 0.6 is 12.4 Å². The Hall–Kier alpha value is -1.92. The van der Waals surface area contributed by atoms with Crippen LogP contribution in [0.4, 0.5) is 4.39 Å². The number of aromatic nitrogens is 2. The Morgan fingerprint density at radius 3 is 2.79 bits per heavy atom. The van der Waals surface area contributed by atoms with Gasteiger partial charge in [-0.2, -0.15) is 5.10 Å². The van der Waals surface area contributed by atoms with Crippen molar-refractivity contribution >= 4 is 18.3 Å². The minimum Gasteiger partial charge on any atom is -0.350 e. The summed E-state index contributed by atoms with van der Waals surface area (Å²) in [6.07, 6.45) is 4.50. The zero-order valence-electron chi connectivity index (χ0n) is 13.6.